The van der Waals surface area contributed by atoms with Gasteiger partial charge in [0.1, 0.15) is 0 Å². The molecule has 2 atom stereocenters. The van der Waals surface area contributed by atoms with E-state index in [9.17, 15) is 4.79 Å². The van der Waals surface area contributed by atoms with Gasteiger partial charge in [0, 0.05) is 24.7 Å². The number of benzene rings is 1. The average molecular weight is 268 g/mol. The third-order valence-corrected chi connectivity index (χ3v) is 3.57. The molecule has 1 aromatic carbocycles. The first-order valence-electron chi connectivity index (χ1n) is 6.07. The monoisotopic (exact) mass is 267 g/mol. The maximum Gasteiger partial charge on any atom is 0.248 e. The van der Waals surface area contributed by atoms with Gasteiger partial charge in [0.15, 0.2) is 0 Å². The van der Waals surface area contributed by atoms with Gasteiger partial charge < -0.3 is 16.4 Å². The van der Waals surface area contributed by atoms with Crippen LogP contribution in [0.2, 0.25) is 5.02 Å². The highest BCUT2D eigenvalue weighted by Gasteiger charge is 2.23. The molecule has 1 fully saturated rings. The molecule has 5 heteroatoms. The fraction of sp³-hybridized carbons (Fsp3) is 0.462. The Labute approximate surface area is 112 Å². The molecule has 2 rings (SSSR count). The number of nitrogens with zero attached hydrogens (tertiary/aromatic N) is 1. The molecule has 1 amide bonds. The average Bonchev–Trinajstić information content (AvgIpc) is 2.27. The normalized spacial score (nSPS) is 24.1. The number of piperidine rings is 1. The fourth-order valence-corrected chi connectivity index (χ4v) is 2.81. The van der Waals surface area contributed by atoms with E-state index in [-0.39, 0.29) is 6.04 Å². The topological polar surface area (TPSA) is 72.3 Å². The molecule has 1 saturated heterocycles. The Bertz CT molecular complexity index is 454. The number of halogens is 1. The third kappa shape index (κ3) is 2.76. The summed E-state index contributed by atoms with van der Waals surface area (Å²) < 4.78 is 0. The highest BCUT2D eigenvalue weighted by atomic mass is 35.5. The third-order valence-electron chi connectivity index (χ3n) is 3.26. The van der Waals surface area contributed by atoms with Crippen molar-refractivity contribution < 1.29 is 4.79 Å². The summed E-state index contributed by atoms with van der Waals surface area (Å²) >= 11 is 6.21. The predicted molar refractivity (Wildman–Crippen MR) is 73.9 cm³/mol. The van der Waals surface area contributed by atoms with Crippen molar-refractivity contribution in [2.24, 2.45) is 17.4 Å². The molecule has 2 unspecified atom stereocenters. The molecular formula is C13H18ClN3O. The van der Waals surface area contributed by atoms with Crippen LogP contribution < -0.4 is 16.4 Å². The number of carbonyl (C=O) groups is 1. The van der Waals surface area contributed by atoms with Crippen molar-refractivity contribution in [3.8, 4) is 0 Å². The summed E-state index contributed by atoms with van der Waals surface area (Å²) in [6, 6.07) is 5.33. The second kappa shape index (κ2) is 5.16. The SMILES string of the molecule is CC1CC(N)CN(c2ccc(C(N)=O)cc2Cl)C1. The minimum absolute atomic E-state index is 0.167. The standard InChI is InChI=1S/C13H18ClN3O/c1-8-4-10(15)7-17(6-8)12-3-2-9(13(16)18)5-11(12)14/h2-3,5,8,10H,4,6-7,15H2,1H3,(H2,16,18). The first kappa shape index (κ1) is 13.2. The van der Waals surface area contributed by atoms with Gasteiger partial charge >= 0.3 is 0 Å². The second-order valence-corrected chi connectivity index (χ2v) is 5.44. The van der Waals surface area contributed by atoms with Gasteiger partial charge in [-0.1, -0.05) is 18.5 Å². The molecule has 0 spiro atoms. The molecule has 0 aliphatic carbocycles. The lowest BCUT2D eigenvalue weighted by Crippen LogP contribution is -2.46. The Hall–Kier alpha value is -1.26. The van der Waals surface area contributed by atoms with Crippen molar-refractivity contribution in [3.05, 3.63) is 28.8 Å². The first-order chi connectivity index (χ1) is 8.47. The summed E-state index contributed by atoms with van der Waals surface area (Å²) in [6.07, 6.45) is 1.04. The lowest BCUT2D eigenvalue weighted by molar-refractivity contribution is 0.100. The van der Waals surface area contributed by atoms with Gasteiger partial charge in [-0.3, -0.25) is 4.79 Å². The molecule has 1 aliphatic rings. The second-order valence-electron chi connectivity index (χ2n) is 5.04. The molecule has 1 heterocycles. The number of anilines is 1. The number of amides is 1. The number of hydrogen-bond donors (Lipinski definition) is 2. The van der Waals surface area contributed by atoms with Crippen LogP contribution in [0.4, 0.5) is 5.69 Å². The van der Waals surface area contributed by atoms with E-state index in [0.717, 1.165) is 25.2 Å². The Kier molecular flexibility index (Phi) is 3.78. The van der Waals surface area contributed by atoms with Gasteiger partial charge in [0.05, 0.1) is 10.7 Å². The molecule has 4 nitrogen and oxygen atoms in total. The van der Waals surface area contributed by atoms with Gasteiger partial charge in [0.25, 0.3) is 0 Å². The Morgan fingerprint density at radius 1 is 1.44 bits per heavy atom. The van der Waals surface area contributed by atoms with Crippen molar-refractivity contribution in [2.45, 2.75) is 19.4 Å². The zero-order chi connectivity index (χ0) is 13.3. The number of hydrogen-bond acceptors (Lipinski definition) is 3. The fourth-order valence-electron chi connectivity index (χ4n) is 2.51. The predicted octanol–water partition coefficient (Wildman–Crippen LogP) is 1.61. The molecule has 0 bridgehead atoms. The van der Waals surface area contributed by atoms with Crippen LogP contribution in [0.15, 0.2) is 18.2 Å². The lowest BCUT2D eigenvalue weighted by Gasteiger charge is -2.36. The molecule has 18 heavy (non-hydrogen) atoms. The van der Waals surface area contributed by atoms with Crippen LogP contribution >= 0.6 is 11.6 Å². The number of nitrogens with two attached hydrogens (primary N) is 2. The Morgan fingerprint density at radius 2 is 2.17 bits per heavy atom. The van der Waals surface area contributed by atoms with Crippen LogP contribution in [0.3, 0.4) is 0 Å². The quantitative estimate of drug-likeness (QED) is 0.855. The van der Waals surface area contributed by atoms with Crippen molar-refractivity contribution in [1.29, 1.82) is 0 Å². The van der Waals surface area contributed by atoms with E-state index in [4.69, 9.17) is 23.1 Å². The molecule has 98 valence electrons. The zero-order valence-electron chi connectivity index (χ0n) is 10.4. The van der Waals surface area contributed by atoms with Gasteiger partial charge in [0.2, 0.25) is 5.91 Å². The molecule has 0 radical (unpaired) electrons. The smallest absolute Gasteiger partial charge is 0.248 e. The van der Waals surface area contributed by atoms with Gasteiger partial charge in [-0.15, -0.1) is 0 Å². The van der Waals surface area contributed by atoms with E-state index in [0.29, 0.717) is 16.5 Å². The van der Waals surface area contributed by atoms with E-state index in [1.54, 1.807) is 12.1 Å². The van der Waals surface area contributed by atoms with E-state index in [2.05, 4.69) is 11.8 Å². The van der Waals surface area contributed by atoms with Gasteiger partial charge in [-0.05, 0) is 30.5 Å². The van der Waals surface area contributed by atoms with Gasteiger partial charge in [-0.25, -0.2) is 0 Å². The lowest BCUT2D eigenvalue weighted by atomic mass is 9.96. The summed E-state index contributed by atoms with van der Waals surface area (Å²) in [6.45, 7) is 3.90. The van der Waals surface area contributed by atoms with Crippen molar-refractivity contribution in [1.82, 2.24) is 0 Å². The van der Waals surface area contributed by atoms with Crippen LogP contribution in [-0.2, 0) is 0 Å². The van der Waals surface area contributed by atoms with Gasteiger partial charge in [-0.2, -0.15) is 0 Å². The highest BCUT2D eigenvalue weighted by molar-refractivity contribution is 6.33. The number of carbonyl (C=O) groups excluding carboxylic acids is 1. The summed E-state index contributed by atoms with van der Waals surface area (Å²) in [7, 11) is 0. The van der Waals surface area contributed by atoms with E-state index < -0.39 is 5.91 Å². The van der Waals surface area contributed by atoms with Crippen molar-refractivity contribution in [2.75, 3.05) is 18.0 Å². The first-order valence-corrected chi connectivity index (χ1v) is 6.45. The summed E-state index contributed by atoms with van der Waals surface area (Å²) in [5.74, 6) is 0.0767. The Morgan fingerprint density at radius 3 is 2.72 bits per heavy atom. The molecule has 0 saturated carbocycles. The summed E-state index contributed by atoms with van der Waals surface area (Å²) in [5.41, 5.74) is 12.6. The van der Waals surface area contributed by atoms with Crippen molar-refractivity contribution in [3.63, 3.8) is 0 Å². The van der Waals surface area contributed by atoms with E-state index >= 15 is 0 Å². The minimum atomic E-state index is -0.466. The summed E-state index contributed by atoms with van der Waals surface area (Å²) in [4.78, 5) is 13.2. The molecular weight excluding hydrogens is 250 g/mol. The van der Waals surface area contributed by atoms with Crippen LogP contribution in [0.1, 0.15) is 23.7 Å². The van der Waals surface area contributed by atoms with E-state index in [1.807, 2.05) is 6.07 Å². The van der Waals surface area contributed by atoms with E-state index in [1.165, 1.54) is 0 Å². The van der Waals surface area contributed by atoms with Crippen molar-refractivity contribution >= 4 is 23.2 Å². The Balaban J connectivity index is 2.25. The number of primary amides is 1. The minimum Gasteiger partial charge on any atom is -0.369 e. The van der Waals surface area contributed by atoms with Crippen LogP contribution in [0.5, 0.6) is 0 Å². The molecule has 4 N–H and O–H groups in total. The maximum absolute atomic E-state index is 11.1. The zero-order valence-corrected chi connectivity index (χ0v) is 11.2. The number of rotatable bonds is 2. The van der Waals surface area contributed by atoms with Crippen LogP contribution in [-0.4, -0.2) is 25.0 Å². The summed E-state index contributed by atoms with van der Waals surface area (Å²) in [5, 5.41) is 0.549. The molecule has 0 aromatic heterocycles. The van der Waals surface area contributed by atoms with Crippen LogP contribution in [0.25, 0.3) is 0 Å². The molecule has 1 aliphatic heterocycles. The van der Waals surface area contributed by atoms with Crippen LogP contribution in [0, 0.1) is 5.92 Å². The molecule has 1 aromatic rings. The maximum atomic E-state index is 11.1. The largest absolute Gasteiger partial charge is 0.369 e. The highest BCUT2D eigenvalue weighted by Crippen LogP contribution is 2.30.